The zero-order valence-electron chi connectivity index (χ0n) is 79.1. The van der Waals surface area contributed by atoms with Gasteiger partial charge in [0.15, 0.2) is 25.2 Å². The van der Waals surface area contributed by atoms with Crippen LogP contribution in [0.5, 0.6) is 0 Å². The third kappa shape index (κ3) is 27.1. The van der Waals surface area contributed by atoms with Gasteiger partial charge in [-0.05, 0) is 0 Å². The Labute approximate surface area is 833 Å². The largest absolute Gasteiger partial charge is 0.477 e. The monoisotopic (exact) mass is 2160 g/mol. The maximum atomic E-state index is 14.8. The summed E-state index contributed by atoms with van der Waals surface area (Å²) in [5, 5.41) is 387. The number of hydrogen-bond acceptors (Lipinski definition) is 56. The van der Waals surface area contributed by atoms with Crippen LogP contribution in [0.1, 0.15) is 73.6 Å². The van der Waals surface area contributed by atoms with E-state index in [-0.39, 0.29) is 0 Å². The van der Waals surface area contributed by atoms with Crippen molar-refractivity contribution in [2.24, 2.45) is 0 Å². The Morgan fingerprint density at radius 2 is 0.568 bits per heavy atom. The zero-order valence-corrected chi connectivity index (χ0v) is 79.1. The molecule has 9 aliphatic rings. The van der Waals surface area contributed by atoms with Crippen LogP contribution in [0.15, 0.2) is 0 Å². The van der Waals surface area contributed by atoms with Gasteiger partial charge in [0, 0.05) is 73.6 Å². The van der Waals surface area contributed by atoms with Crippen LogP contribution in [-0.2, 0) is 133 Å². The minimum atomic E-state index is -4.06. The number of nitrogens with one attached hydrogen (secondary N) is 6. The van der Waals surface area contributed by atoms with Gasteiger partial charge in [0.05, 0.1) is 120 Å². The van der Waals surface area contributed by atoms with Crippen molar-refractivity contribution >= 4 is 65.3 Å². The van der Waals surface area contributed by atoms with Crippen LogP contribution >= 0.6 is 0 Å². The number of hydrogen-bond donors (Lipinski definition) is 39. The highest BCUT2D eigenvalue weighted by molar-refractivity contribution is 5.80. The van der Waals surface area contributed by atoms with E-state index in [2.05, 4.69) is 31.9 Å². The Morgan fingerprint density at radius 1 is 0.291 bits per heavy atom. The van der Waals surface area contributed by atoms with Gasteiger partial charge in [-0.3, -0.25) is 28.8 Å². The Kier molecular flexibility index (Phi) is 43.2. The van der Waals surface area contributed by atoms with Crippen LogP contribution in [0, 0.1) is 0 Å². The van der Waals surface area contributed by atoms with Gasteiger partial charge >= 0.3 is 29.8 Å². The summed E-state index contributed by atoms with van der Waals surface area (Å²) in [6.45, 7) is -8.98. The van der Waals surface area contributed by atoms with Crippen molar-refractivity contribution in [2.75, 3.05) is 59.5 Å². The minimum absolute atomic E-state index is 0.671. The van der Waals surface area contributed by atoms with Crippen molar-refractivity contribution in [1.29, 1.82) is 0 Å². The van der Waals surface area contributed by atoms with E-state index in [9.17, 15) is 221 Å². The average Bonchev–Trinajstić information content (AvgIpc) is 0.747. The molecule has 0 unspecified atom stereocenters. The molecule has 0 aliphatic carbocycles. The molecule has 0 aromatic rings. The molecule has 0 bridgehead atoms. The highest BCUT2D eigenvalue weighted by Crippen LogP contribution is 2.47. The smallest absolute Gasteiger partial charge is 0.364 e. The molecule has 50 atom stereocenters. The summed E-state index contributed by atoms with van der Waals surface area (Å²) in [6, 6.07) is -13.0. The molecule has 850 valence electrons. The first-order valence-electron chi connectivity index (χ1n) is 45.8. The van der Waals surface area contributed by atoms with E-state index in [4.69, 9.17) is 80.5 Å². The topological polar surface area (TPSA) is 1080 Å². The molecule has 67 heteroatoms. The highest BCUT2D eigenvalue weighted by Gasteiger charge is 2.69. The summed E-state index contributed by atoms with van der Waals surface area (Å²) < 4.78 is 100. The number of rotatable bonds is 46. The molecule has 9 heterocycles. The second-order valence-electron chi connectivity index (χ2n) is 36.8. The molecule has 148 heavy (non-hydrogen) atoms. The van der Waals surface area contributed by atoms with Crippen LogP contribution in [-0.4, -0.2) is 597 Å². The maximum absolute atomic E-state index is 14.8. The van der Waals surface area contributed by atoms with Crippen LogP contribution in [0.3, 0.4) is 0 Å². The van der Waals surface area contributed by atoms with Crippen LogP contribution in [0.25, 0.3) is 0 Å². The van der Waals surface area contributed by atoms with Gasteiger partial charge in [-0.2, -0.15) is 0 Å². The lowest BCUT2D eigenvalue weighted by molar-refractivity contribution is -0.406. The predicted molar refractivity (Wildman–Crippen MR) is 453 cm³/mol. The number of amides is 6. The number of aliphatic carboxylic acids is 5. The predicted octanol–water partition coefficient (Wildman–Crippen LogP) is -23.7. The van der Waals surface area contributed by atoms with Gasteiger partial charge in [-0.1, -0.05) is 0 Å². The van der Waals surface area contributed by atoms with Crippen LogP contribution in [0.2, 0.25) is 0 Å². The maximum Gasteiger partial charge on any atom is 0.364 e. The van der Waals surface area contributed by atoms with Gasteiger partial charge in [0.25, 0.3) is 28.9 Å². The fourth-order valence-electron chi connectivity index (χ4n) is 18.8. The Morgan fingerprint density at radius 3 is 0.905 bits per heavy atom. The lowest BCUT2D eigenvalue weighted by atomic mass is 9.86. The quantitative estimate of drug-likeness (QED) is 0.0269. The lowest BCUT2D eigenvalue weighted by Gasteiger charge is -2.53. The van der Waals surface area contributed by atoms with Gasteiger partial charge in [0.2, 0.25) is 35.4 Å². The lowest BCUT2D eigenvalue weighted by Crippen LogP contribution is -2.73. The molecule has 9 aliphatic heterocycles. The standard InChI is InChI=1S/C81H130N6O61/c1-21(96)82-41-27(102)7-77(72(122)123,142-61(41)47(110)32(107)12-88)132-20-40-53(116)60(139-70-56(119)66(50(113)35(15-91)134-70)147-80(75(128)129)10-30(105)43(84-23(3)98)63(144-80)49(112)34(109)14-90)46(87-26(6)101)69(136-40)138-59-39(19-95)135-71(137-58-38(18-94)133-68(121)55(118)54(58)117)57(120)67(59)148-81(76(130)131)11-31(106)45(86-25(5)100)65(146-81)52(115)37(17-93)141-79(74(126)127)9-29(104)44(85-24(4)99)64(145-79)51(114)36(16-92)140-78(73(124)125)8-28(103)42(83-22(2)97)62(143-78)48(111)33(108)13-89/h27-71,88-95,102-121H,7-20H2,1-6H3,(H,82,96)(H,83,97)(H,84,98)(H,85,99)(H,86,100)(H,87,101)(H,122,123)(H,124,125)(H,126,127)(H,128,129)(H,130,131)/t27-,28-,29-,30-,31-,32+,33+,34+,35+,36+,37+,38+,39+,40+,41+,42+,43+,44+,45+,46+,47+,48+,49+,50-,51+,52+,53-,54+,55+,56+,57+,58+,59-,60+,61+,62+,63+,64+,65+,66-,67+,68+,69-,70-,71-,77+,78+,79+,80-,81-/m0/s1. The number of ether oxygens (including phenoxy) is 17. The number of carboxylic acid groups (broad SMARTS) is 5. The van der Waals surface area contributed by atoms with Gasteiger partial charge < -0.3 is 281 Å². The van der Waals surface area contributed by atoms with Gasteiger partial charge in [0.1, 0.15) is 189 Å². The fraction of sp³-hybridized carbons (Fsp3) is 0.864. The van der Waals surface area contributed by atoms with E-state index in [1.807, 2.05) is 0 Å². The van der Waals surface area contributed by atoms with E-state index in [0.717, 1.165) is 27.7 Å². The molecule has 0 spiro atoms. The second kappa shape index (κ2) is 51.6. The first-order valence-corrected chi connectivity index (χ1v) is 45.8. The molecule has 9 saturated heterocycles. The Bertz CT molecular complexity index is 4450. The molecule has 9 rings (SSSR count). The van der Waals surface area contributed by atoms with E-state index in [1.54, 1.807) is 0 Å². The highest BCUT2D eigenvalue weighted by atomic mass is 16.8. The number of carbonyl (C=O) groups excluding carboxylic acids is 6. The summed E-state index contributed by atoms with van der Waals surface area (Å²) in [5.41, 5.74) is 0. The van der Waals surface area contributed by atoms with E-state index < -0.39 is 461 Å². The zero-order chi connectivity index (χ0) is 111. The van der Waals surface area contributed by atoms with Crippen molar-refractivity contribution in [2.45, 2.75) is 378 Å². The summed E-state index contributed by atoms with van der Waals surface area (Å²) in [4.78, 5) is 147. The van der Waals surface area contributed by atoms with Crippen molar-refractivity contribution in [1.82, 2.24) is 31.9 Å². The van der Waals surface area contributed by atoms with E-state index >= 15 is 0 Å². The first-order chi connectivity index (χ1) is 69.2. The van der Waals surface area contributed by atoms with Crippen molar-refractivity contribution in [3.05, 3.63) is 0 Å². The van der Waals surface area contributed by atoms with E-state index in [1.165, 1.54) is 0 Å². The molecule has 6 amide bonds. The number of carbonyl (C=O) groups is 11. The molecular weight excluding hydrogens is 2030 g/mol. The molecule has 67 nitrogen and oxygen atoms in total. The normalized spacial score (nSPS) is 41.9. The summed E-state index contributed by atoms with van der Waals surface area (Å²) in [6.07, 6.45) is -109. The van der Waals surface area contributed by atoms with Gasteiger partial charge in [-0.25, -0.2) is 24.0 Å². The Balaban J connectivity index is 1.18. The third-order valence-electron chi connectivity index (χ3n) is 26.1. The minimum Gasteiger partial charge on any atom is -0.477 e. The number of aliphatic hydroxyl groups excluding tert-OH is 28. The molecule has 39 N–H and O–H groups in total. The summed E-state index contributed by atoms with van der Waals surface area (Å²) in [7, 11) is 0. The van der Waals surface area contributed by atoms with Crippen molar-refractivity contribution < 1.29 is 302 Å². The van der Waals surface area contributed by atoms with Crippen LogP contribution in [0.4, 0.5) is 0 Å². The first kappa shape index (κ1) is 124. The van der Waals surface area contributed by atoms with Crippen molar-refractivity contribution in [3.63, 3.8) is 0 Å². The fourth-order valence-corrected chi connectivity index (χ4v) is 18.8. The molecule has 0 aromatic carbocycles. The number of carboxylic acids is 5. The van der Waals surface area contributed by atoms with Gasteiger partial charge in [-0.15, -0.1) is 0 Å². The van der Waals surface area contributed by atoms with Crippen LogP contribution < -0.4 is 31.9 Å². The number of aliphatic hydroxyl groups is 28. The summed E-state index contributed by atoms with van der Waals surface area (Å²) >= 11 is 0. The van der Waals surface area contributed by atoms with Crippen molar-refractivity contribution in [3.8, 4) is 0 Å². The molecule has 0 aromatic heterocycles. The average molecular weight is 2160 g/mol. The Hall–Kier alpha value is -7.63. The summed E-state index contributed by atoms with van der Waals surface area (Å²) in [5.74, 6) is -37.3. The molecule has 0 saturated carbocycles. The molecular formula is C81H130N6O61. The van der Waals surface area contributed by atoms with E-state index in [0.29, 0.717) is 13.8 Å². The molecule has 9 fully saturated rings. The second-order valence-corrected chi connectivity index (χ2v) is 36.8. The molecule has 0 radical (unpaired) electrons. The SMILES string of the molecule is CC(=O)N[C@H]1[C@H](O[C@@H]2[C@H](O[C@]3(C(=O)O)C[C@H](O)[C@@H](NC(C)=O)[C@H]([C@H](O)[C@@H](CO)O[C@]4(C(=O)O)C[C@H](O)[C@@H](NC(C)=O)[C@H]([C@H](O)[C@@H](CO)O[C@]5(C(=O)O)C[C@H](O)[C@@H](NC(C)=O)[C@H]([C@H](O)[C@H](O)CO)O5)O4)O3)[C@@H](O)[C@H](O[C@H]3[C@H](O)[C@@H](O)[C@H](O)O[C@@H]3CO)O[C@@H]2CO)O[C@H](CO[C@]2(C(=O)O)C[C@H](O)[C@@H](NC(C)=O)[C@H]([C@H](O)[C@H](O)CO)O2)[C@H](O)[C@@H]1O[C@@H]1O[C@H](CO)[C@H](O)[C@H](O[C@]2(C(=O)O)C[C@H](O)[C@@H](NC(C)=O)[C@H]([C@H](O)[C@H](O)CO)O2)[C@H]1O. The third-order valence-corrected chi connectivity index (χ3v) is 26.1.